The number of benzene rings is 2. The smallest absolute Gasteiger partial charge is 0.239 e. The molecule has 0 bridgehead atoms. The van der Waals surface area contributed by atoms with Crippen molar-refractivity contribution in [1.82, 2.24) is 5.32 Å². The Balaban J connectivity index is 1.68. The van der Waals surface area contributed by atoms with E-state index in [2.05, 4.69) is 34.6 Å². The van der Waals surface area contributed by atoms with Crippen molar-refractivity contribution in [1.29, 1.82) is 0 Å². The fourth-order valence-electron chi connectivity index (χ4n) is 2.50. The summed E-state index contributed by atoms with van der Waals surface area (Å²) in [6.07, 6.45) is 0.693. The summed E-state index contributed by atoms with van der Waals surface area (Å²) in [5.41, 5.74) is 4.20. The Bertz CT molecular complexity index is 799. The van der Waals surface area contributed by atoms with Crippen LogP contribution in [0, 0.1) is 6.92 Å². The zero-order chi connectivity index (χ0) is 16.9. The molecule has 2 aromatic rings. The van der Waals surface area contributed by atoms with Crippen LogP contribution in [0.15, 0.2) is 64.8 Å². The van der Waals surface area contributed by atoms with Gasteiger partial charge in [0.05, 0.1) is 11.0 Å². The average molecular weight is 337 g/mol. The molecule has 1 fully saturated rings. The lowest BCUT2D eigenvalue weighted by molar-refractivity contribution is -0.118. The molecule has 1 saturated heterocycles. The molecule has 2 aromatic carbocycles. The van der Waals surface area contributed by atoms with E-state index < -0.39 is 0 Å². The van der Waals surface area contributed by atoms with Crippen LogP contribution in [0.4, 0.5) is 0 Å². The molecule has 1 amide bonds. The molecule has 24 heavy (non-hydrogen) atoms. The highest BCUT2D eigenvalue weighted by molar-refractivity contribution is 8.15. The molecule has 0 radical (unpaired) electrons. The fraction of sp³-hybridized carbons (Fsp3) is 0.211. The maximum atomic E-state index is 12.1. The molecule has 4 nitrogen and oxygen atoms in total. The summed E-state index contributed by atoms with van der Waals surface area (Å²) >= 11 is 1.44. The van der Waals surface area contributed by atoms with E-state index in [9.17, 15) is 4.79 Å². The molecule has 0 saturated carbocycles. The summed E-state index contributed by atoms with van der Waals surface area (Å²) in [6.45, 7) is 3.96. The highest BCUT2D eigenvalue weighted by Crippen LogP contribution is 2.23. The summed E-state index contributed by atoms with van der Waals surface area (Å²) in [6, 6.07) is 18.1. The van der Waals surface area contributed by atoms with Crippen molar-refractivity contribution in [3.8, 4) is 0 Å². The van der Waals surface area contributed by atoms with Gasteiger partial charge in [-0.25, -0.2) is 0 Å². The average Bonchev–Trinajstić information content (AvgIpc) is 2.93. The van der Waals surface area contributed by atoms with Gasteiger partial charge >= 0.3 is 0 Å². The largest absolute Gasteiger partial charge is 0.303 e. The SMILES string of the molecule is C/C(=N/N=C1/NC(=O)[C@@H](Cc2cccc(C)c2)S1)c1ccccc1. The number of hydrogen-bond donors (Lipinski definition) is 1. The first-order chi connectivity index (χ1) is 11.6. The van der Waals surface area contributed by atoms with Gasteiger partial charge in [-0.05, 0) is 31.4 Å². The lowest BCUT2D eigenvalue weighted by Crippen LogP contribution is -2.26. The molecule has 1 aliphatic heterocycles. The van der Waals surface area contributed by atoms with Crippen molar-refractivity contribution in [2.45, 2.75) is 25.5 Å². The first-order valence-electron chi connectivity index (χ1n) is 7.82. The molecule has 122 valence electrons. The number of nitrogens with zero attached hydrogens (tertiary/aromatic N) is 2. The fourth-order valence-corrected chi connectivity index (χ4v) is 3.46. The van der Waals surface area contributed by atoms with Gasteiger partial charge in [0.2, 0.25) is 5.91 Å². The number of carbonyl (C=O) groups excluding carboxylic acids is 1. The predicted molar refractivity (Wildman–Crippen MR) is 100 cm³/mol. The third kappa shape index (κ3) is 4.11. The minimum absolute atomic E-state index is 0.00665. The van der Waals surface area contributed by atoms with Gasteiger partial charge in [0, 0.05) is 0 Å². The number of nitrogens with one attached hydrogen (secondary N) is 1. The molecule has 0 aromatic heterocycles. The molecule has 3 rings (SSSR count). The number of aryl methyl sites for hydroxylation is 1. The van der Waals surface area contributed by atoms with Crippen LogP contribution >= 0.6 is 11.8 Å². The Morgan fingerprint density at radius 2 is 1.96 bits per heavy atom. The predicted octanol–water partition coefficient (Wildman–Crippen LogP) is 3.55. The van der Waals surface area contributed by atoms with Crippen molar-refractivity contribution in [3.63, 3.8) is 0 Å². The monoisotopic (exact) mass is 337 g/mol. The van der Waals surface area contributed by atoms with E-state index in [0.29, 0.717) is 11.6 Å². The van der Waals surface area contributed by atoms with Gasteiger partial charge in [-0.2, -0.15) is 5.10 Å². The van der Waals surface area contributed by atoms with Crippen LogP contribution in [-0.4, -0.2) is 22.0 Å². The van der Waals surface area contributed by atoms with Crippen LogP contribution in [0.25, 0.3) is 0 Å². The van der Waals surface area contributed by atoms with Crippen molar-refractivity contribution in [2.24, 2.45) is 10.2 Å². The highest BCUT2D eigenvalue weighted by atomic mass is 32.2. The van der Waals surface area contributed by atoms with Crippen molar-refractivity contribution >= 4 is 28.5 Å². The zero-order valence-electron chi connectivity index (χ0n) is 13.7. The second-order valence-electron chi connectivity index (χ2n) is 5.75. The second kappa shape index (κ2) is 7.45. The van der Waals surface area contributed by atoms with E-state index >= 15 is 0 Å². The summed E-state index contributed by atoms with van der Waals surface area (Å²) in [5.74, 6) is -0.00665. The normalized spacial score (nSPS) is 19.6. The van der Waals surface area contributed by atoms with Gasteiger partial charge < -0.3 is 5.32 Å². The van der Waals surface area contributed by atoms with Crippen molar-refractivity contribution in [2.75, 3.05) is 0 Å². The Kier molecular flexibility index (Phi) is 5.11. The van der Waals surface area contributed by atoms with Crippen LogP contribution in [0.2, 0.25) is 0 Å². The molecule has 0 aliphatic carbocycles. The molecular formula is C19H19N3OS. The van der Waals surface area contributed by atoms with E-state index in [4.69, 9.17) is 0 Å². The van der Waals surface area contributed by atoms with Gasteiger partial charge in [0.15, 0.2) is 5.17 Å². The van der Waals surface area contributed by atoms with E-state index in [1.165, 1.54) is 17.3 Å². The topological polar surface area (TPSA) is 53.8 Å². The first-order valence-corrected chi connectivity index (χ1v) is 8.70. The quantitative estimate of drug-likeness (QED) is 0.685. The van der Waals surface area contributed by atoms with Gasteiger partial charge in [-0.1, -0.05) is 71.9 Å². The molecule has 1 aliphatic rings. The van der Waals surface area contributed by atoms with E-state index in [-0.39, 0.29) is 11.2 Å². The molecule has 5 heteroatoms. The summed E-state index contributed by atoms with van der Waals surface area (Å²) in [5, 5.41) is 11.7. The number of hydrogen-bond acceptors (Lipinski definition) is 4. The number of carbonyl (C=O) groups is 1. The maximum Gasteiger partial charge on any atom is 0.239 e. The van der Waals surface area contributed by atoms with E-state index in [1.807, 2.05) is 49.4 Å². The highest BCUT2D eigenvalue weighted by Gasteiger charge is 2.30. The molecule has 0 spiro atoms. The lowest BCUT2D eigenvalue weighted by atomic mass is 10.1. The van der Waals surface area contributed by atoms with Crippen molar-refractivity contribution in [3.05, 3.63) is 71.3 Å². The third-order valence-corrected chi connectivity index (χ3v) is 4.83. The number of rotatable bonds is 4. The second-order valence-corrected chi connectivity index (χ2v) is 6.94. The minimum Gasteiger partial charge on any atom is -0.303 e. The van der Waals surface area contributed by atoms with Crippen molar-refractivity contribution < 1.29 is 4.79 Å². The van der Waals surface area contributed by atoms with E-state index in [1.54, 1.807) is 0 Å². The Hall–Kier alpha value is -2.40. The first kappa shape index (κ1) is 16.5. The Labute approximate surface area is 146 Å². The minimum atomic E-state index is -0.155. The van der Waals surface area contributed by atoms with Crippen LogP contribution < -0.4 is 5.32 Å². The van der Waals surface area contributed by atoms with Gasteiger partial charge in [0.25, 0.3) is 0 Å². The summed E-state index contributed by atoms with van der Waals surface area (Å²) in [7, 11) is 0. The lowest BCUT2D eigenvalue weighted by Gasteiger charge is -2.05. The number of amidine groups is 1. The van der Waals surface area contributed by atoms with E-state index in [0.717, 1.165) is 16.8 Å². The molecule has 1 atom stereocenters. The Morgan fingerprint density at radius 3 is 2.71 bits per heavy atom. The third-order valence-electron chi connectivity index (χ3n) is 3.76. The standard InChI is InChI=1S/C19H19N3OS/c1-13-7-6-8-15(11-13)12-17-18(23)20-19(24-17)22-21-14(2)16-9-4-3-5-10-16/h3-11,17H,12H2,1-2H3,(H,20,22,23)/b21-14-/t17-/m1/s1. The van der Waals surface area contributed by atoms with Crippen LogP contribution in [0.3, 0.4) is 0 Å². The van der Waals surface area contributed by atoms with Crippen LogP contribution in [-0.2, 0) is 11.2 Å². The number of thioether (sulfide) groups is 1. The maximum absolute atomic E-state index is 12.1. The number of amides is 1. The summed E-state index contributed by atoms with van der Waals surface area (Å²) in [4.78, 5) is 12.1. The van der Waals surface area contributed by atoms with Gasteiger partial charge in [-0.3, -0.25) is 4.79 Å². The molecule has 1 heterocycles. The van der Waals surface area contributed by atoms with Crippen LogP contribution in [0.5, 0.6) is 0 Å². The molecule has 0 unspecified atom stereocenters. The van der Waals surface area contributed by atoms with Gasteiger partial charge in [0.1, 0.15) is 0 Å². The van der Waals surface area contributed by atoms with Gasteiger partial charge in [-0.15, -0.1) is 5.10 Å². The Morgan fingerprint density at radius 1 is 1.17 bits per heavy atom. The molecule has 1 N–H and O–H groups in total. The molecular weight excluding hydrogens is 318 g/mol. The summed E-state index contributed by atoms with van der Waals surface area (Å²) < 4.78 is 0. The zero-order valence-corrected chi connectivity index (χ0v) is 14.5. The van der Waals surface area contributed by atoms with Crippen LogP contribution in [0.1, 0.15) is 23.6 Å².